The molecule has 142 valence electrons. The minimum absolute atomic E-state index is 0.0363. The fourth-order valence-electron chi connectivity index (χ4n) is 3.03. The number of hydrogen-bond donors (Lipinski definition) is 3. The van der Waals surface area contributed by atoms with Gasteiger partial charge in [0.05, 0.1) is 5.69 Å². The number of nitrogens with zero attached hydrogens (tertiary/aromatic N) is 3. The standard InChI is InChI=1S/C14H17FN4O4S3/c15-10-8-9(17-6-1-5-16-14(17)21)2-3-11(10)18-7-4-12(13(18)20)19(24)26(22,23)25/h2-3,8,12,24H,1,4-7H2,(H,16,21)(H,22,23,25). The van der Waals surface area contributed by atoms with Gasteiger partial charge in [0.15, 0.2) is 0 Å². The lowest BCUT2D eigenvalue weighted by Gasteiger charge is -2.28. The van der Waals surface area contributed by atoms with Crippen molar-refractivity contribution in [3.05, 3.63) is 24.0 Å². The SMILES string of the molecule is O=C1NCCCN1c1ccc(N2CCC(N(S)S(=O)(O)=S)C2=O)c(F)c1. The van der Waals surface area contributed by atoms with Gasteiger partial charge in [0.1, 0.15) is 11.9 Å². The van der Waals surface area contributed by atoms with E-state index >= 15 is 0 Å². The highest BCUT2D eigenvalue weighted by Gasteiger charge is 2.40. The molecule has 2 atom stereocenters. The Bertz CT molecular complexity index is 851. The molecule has 2 N–H and O–H groups in total. The number of amides is 3. The van der Waals surface area contributed by atoms with Gasteiger partial charge in [0, 0.05) is 36.5 Å². The summed E-state index contributed by atoms with van der Waals surface area (Å²) < 4.78 is 36.1. The summed E-state index contributed by atoms with van der Waals surface area (Å²) in [5.74, 6) is -1.22. The zero-order chi connectivity index (χ0) is 19.1. The third-order valence-electron chi connectivity index (χ3n) is 4.29. The Morgan fingerprint density at radius 3 is 2.69 bits per heavy atom. The molecule has 0 bridgehead atoms. The Kier molecular flexibility index (Phi) is 5.40. The van der Waals surface area contributed by atoms with Crippen LogP contribution < -0.4 is 15.1 Å². The molecular formula is C14H17FN4O4S3. The van der Waals surface area contributed by atoms with Crippen molar-refractivity contribution in [3.63, 3.8) is 0 Å². The number of carbonyl (C=O) groups excluding carboxylic acids is 2. The third-order valence-corrected chi connectivity index (χ3v) is 6.78. The molecule has 1 aromatic carbocycles. The molecule has 8 nitrogen and oxygen atoms in total. The number of nitrogens with one attached hydrogen (secondary N) is 1. The number of urea groups is 1. The van der Waals surface area contributed by atoms with Gasteiger partial charge < -0.3 is 10.2 Å². The third kappa shape index (κ3) is 3.64. The van der Waals surface area contributed by atoms with E-state index in [1.807, 2.05) is 0 Å². The Morgan fingerprint density at radius 2 is 2.08 bits per heavy atom. The van der Waals surface area contributed by atoms with Crippen molar-refractivity contribution < 1.29 is 22.7 Å². The van der Waals surface area contributed by atoms with Gasteiger partial charge in [-0.3, -0.25) is 14.2 Å². The summed E-state index contributed by atoms with van der Waals surface area (Å²) >= 11 is 8.27. The number of benzene rings is 1. The number of carbonyl (C=O) groups is 2. The maximum Gasteiger partial charge on any atom is 0.321 e. The van der Waals surface area contributed by atoms with E-state index in [-0.39, 0.29) is 24.7 Å². The molecule has 0 saturated carbocycles. The van der Waals surface area contributed by atoms with Crippen LogP contribution in [0.15, 0.2) is 18.2 Å². The van der Waals surface area contributed by atoms with Crippen LogP contribution in [0.25, 0.3) is 0 Å². The summed E-state index contributed by atoms with van der Waals surface area (Å²) in [6, 6.07) is 2.86. The fourth-order valence-corrected chi connectivity index (χ4v) is 4.07. The highest BCUT2D eigenvalue weighted by Crippen LogP contribution is 2.31. The maximum atomic E-state index is 14.6. The van der Waals surface area contributed by atoms with Crippen molar-refractivity contribution in [2.45, 2.75) is 18.9 Å². The maximum absolute atomic E-state index is 14.6. The summed E-state index contributed by atoms with van der Waals surface area (Å²) in [5.41, 5.74) is 0.431. The first kappa shape index (κ1) is 19.3. The van der Waals surface area contributed by atoms with E-state index in [4.69, 9.17) is 0 Å². The van der Waals surface area contributed by atoms with Crippen molar-refractivity contribution in [2.24, 2.45) is 0 Å². The molecule has 2 fully saturated rings. The van der Waals surface area contributed by atoms with Gasteiger partial charge in [0.25, 0.3) is 0 Å². The second-order valence-electron chi connectivity index (χ2n) is 5.92. The lowest BCUT2D eigenvalue weighted by atomic mass is 10.2. The molecule has 2 heterocycles. The van der Waals surface area contributed by atoms with E-state index < -0.39 is 26.7 Å². The van der Waals surface area contributed by atoms with Crippen molar-refractivity contribution in [3.8, 4) is 0 Å². The van der Waals surface area contributed by atoms with Crippen LogP contribution in [0.1, 0.15) is 12.8 Å². The average molecular weight is 421 g/mol. The smallest absolute Gasteiger partial charge is 0.321 e. The van der Waals surface area contributed by atoms with Crippen molar-refractivity contribution in [2.75, 3.05) is 29.4 Å². The van der Waals surface area contributed by atoms with Gasteiger partial charge in [-0.1, -0.05) is 12.8 Å². The van der Waals surface area contributed by atoms with E-state index in [2.05, 4.69) is 29.3 Å². The van der Waals surface area contributed by atoms with Crippen LogP contribution in [0, 0.1) is 5.82 Å². The summed E-state index contributed by atoms with van der Waals surface area (Å²) in [7, 11) is -3.82. The first-order chi connectivity index (χ1) is 12.2. The van der Waals surface area contributed by atoms with Crippen LogP contribution in [-0.2, 0) is 24.9 Å². The molecule has 2 aliphatic rings. The predicted molar refractivity (Wildman–Crippen MR) is 101 cm³/mol. The normalized spacial score (nSPS) is 23.3. The van der Waals surface area contributed by atoms with E-state index in [0.717, 1.165) is 6.42 Å². The molecule has 2 unspecified atom stereocenters. The summed E-state index contributed by atoms with van der Waals surface area (Å²) in [5, 5.41) is 2.68. The molecule has 12 heteroatoms. The Balaban J connectivity index is 1.82. The molecular weight excluding hydrogens is 403 g/mol. The minimum Gasteiger partial charge on any atom is -0.338 e. The van der Waals surface area contributed by atoms with Crippen LogP contribution in [0.5, 0.6) is 0 Å². The Hall–Kier alpha value is -1.47. The monoisotopic (exact) mass is 420 g/mol. The minimum atomic E-state index is -3.82. The van der Waals surface area contributed by atoms with Crippen LogP contribution in [0.3, 0.4) is 0 Å². The van der Waals surface area contributed by atoms with Crippen LogP contribution in [0.4, 0.5) is 20.6 Å². The summed E-state index contributed by atoms with van der Waals surface area (Å²) in [4.78, 5) is 27.0. The molecule has 0 spiro atoms. The van der Waals surface area contributed by atoms with Gasteiger partial charge in [-0.25, -0.2) is 13.4 Å². The zero-order valence-corrected chi connectivity index (χ0v) is 16.0. The van der Waals surface area contributed by atoms with Gasteiger partial charge >= 0.3 is 6.03 Å². The second kappa shape index (κ2) is 7.27. The van der Waals surface area contributed by atoms with E-state index in [9.17, 15) is 22.7 Å². The van der Waals surface area contributed by atoms with E-state index in [0.29, 0.717) is 22.5 Å². The number of hydrogen-bond acceptors (Lipinski definition) is 5. The number of rotatable bonds is 4. The molecule has 3 amide bonds. The van der Waals surface area contributed by atoms with Gasteiger partial charge in [-0.2, -0.15) is 0 Å². The van der Waals surface area contributed by atoms with Crippen molar-refractivity contribution in [1.82, 2.24) is 9.03 Å². The quantitative estimate of drug-likeness (QED) is 0.635. The molecule has 26 heavy (non-hydrogen) atoms. The largest absolute Gasteiger partial charge is 0.338 e. The van der Waals surface area contributed by atoms with Crippen LogP contribution >= 0.6 is 12.8 Å². The van der Waals surface area contributed by atoms with Gasteiger partial charge in [-0.15, -0.1) is 3.71 Å². The second-order valence-corrected chi connectivity index (χ2v) is 9.21. The van der Waals surface area contributed by atoms with Crippen molar-refractivity contribution >= 4 is 56.3 Å². The Morgan fingerprint density at radius 1 is 1.35 bits per heavy atom. The molecule has 0 radical (unpaired) electrons. The van der Waals surface area contributed by atoms with E-state index in [1.54, 1.807) is 6.07 Å². The van der Waals surface area contributed by atoms with Gasteiger partial charge in [0.2, 0.25) is 14.9 Å². The number of halogens is 1. The number of anilines is 2. The molecule has 1 aromatic rings. The first-order valence-corrected chi connectivity index (χ1v) is 10.6. The molecule has 0 aromatic heterocycles. The highest BCUT2D eigenvalue weighted by atomic mass is 32.9. The number of thiol groups is 1. The topological polar surface area (TPSA) is 93.2 Å². The highest BCUT2D eigenvalue weighted by molar-refractivity contribution is 8.30. The van der Waals surface area contributed by atoms with Crippen LogP contribution in [-0.4, -0.2) is 50.1 Å². The molecule has 0 aliphatic carbocycles. The summed E-state index contributed by atoms with van der Waals surface area (Å²) in [6.45, 7) is 1.22. The molecule has 2 saturated heterocycles. The molecule has 3 rings (SSSR count). The summed E-state index contributed by atoms with van der Waals surface area (Å²) in [6.07, 6.45) is 0.937. The first-order valence-electron chi connectivity index (χ1n) is 7.82. The van der Waals surface area contributed by atoms with Crippen molar-refractivity contribution in [1.29, 1.82) is 0 Å². The lowest BCUT2D eigenvalue weighted by Crippen LogP contribution is -2.46. The lowest BCUT2D eigenvalue weighted by molar-refractivity contribution is -0.119. The Labute approximate surface area is 160 Å². The molecule has 2 aliphatic heterocycles. The van der Waals surface area contributed by atoms with Crippen LogP contribution in [0.2, 0.25) is 0 Å². The van der Waals surface area contributed by atoms with Gasteiger partial charge in [-0.05, 0) is 31.0 Å². The fraction of sp³-hybridized carbons (Fsp3) is 0.429. The predicted octanol–water partition coefficient (Wildman–Crippen LogP) is 1.13. The van der Waals surface area contributed by atoms with E-state index in [1.165, 1.54) is 21.9 Å². The average Bonchev–Trinajstić information content (AvgIpc) is 2.95. The zero-order valence-electron chi connectivity index (χ0n) is 13.5.